The molecular weight excluding hydrogens is 280 g/mol. The van der Waals surface area contributed by atoms with Crippen LogP contribution in [-0.2, 0) is 10.8 Å². The van der Waals surface area contributed by atoms with Gasteiger partial charge in [-0.3, -0.25) is 0 Å². The van der Waals surface area contributed by atoms with Gasteiger partial charge in [0.25, 0.3) is 0 Å². The van der Waals surface area contributed by atoms with E-state index in [2.05, 4.69) is 51.8 Å². The van der Waals surface area contributed by atoms with Gasteiger partial charge >= 0.3 is 0 Å². The summed E-state index contributed by atoms with van der Waals surface area (Å²) in [4.78, 5) is 14.0. The van der Waals surface area contributed by atoms with Crippen LogP contribution in [0.4, 0.5) is 5.82 Å². The van der Waals surface area contributed by atoms with Crippen LogP contribution in [0.3, 0.4) is 0 Å². The first-order valence-electron chi connectivity index (χ1n) is 7.15. The highest BCUT2D eigenvalue weighted by molar-refractivity contribution is 7.10. The summed E-state index contributed by atoms with van der Waals surface area (Å²) in [5.74, 6) is 1.52. The minimum atomic E-state index is -0.0217. The average molecular weight is 304 g/mol. The first-order valence-corrected chi connectivity index (χ1v) is 8.03. The van der Waals surface area contributed by atoms with Gasteiger partial charge in [0.2, 0.25) is 0 Å². The Balaban J connectivity index is 2.51. The van der Waals surface area contributed by atoms with Gasteiger partial charge in [0.05, 0.1) is 10.7 Å². The second-order valence-corrected chi connectivity index (χ2v) is 8.11. The molecule has 1 N–H and O–H groups in total. The highest BCUT2D eigenvalue weighted by Crippen LogP contribution is 2.30. The summed E-state index contributed by atoms with van der Waals surface area (Å²) >= 11 is 1.67. The molecule has 0 aliphatic heterocycles. The molecule has 2 rings (SSSR count). The molecule has 0 unspecified atom stereocenters. The summed E-state index contributed by atoms with van der Waals surface area (Å²) < 4.78 is 0. The molecule has 2 aromatic rings. The van der Waals surface area contributed by atoms with E-state index in [-0.39, 0.29) is 10.8 Å². The maximum atomic E-state index is 4.72. The van der Waals surface area contributed by atoms with Crippen molar-refractivity contribution in [1.29, 1.82) is 0 Å². The third-order valence-electron chi connectivity index (χ3n) is 3.13. The number of thiazole rings is 1. The summed E-state index contributed by atoms with van der Waals surface area (Å²) in [6.07, 6.45) is 0. The largest absolute Gasteiger partial charge is 0.373 e. The molecule has 21 heavy (non-hydrogen) atoms. The van der Waals surface area contributed by atoms with Crippen molar-refractivity contribution in [1.82, 2.24) is 15.0 Å². The van der Waals surface area contributed by atoms with Crippen LogP contribution in [0.2, 0.25) is 0 Å². The molecule has 0 saturated heterocycles. The Morgan fingerprint density at radius 1 is 0.952 bits per heavy atom. The molecule has 4 nitrogen and oxygen atoms in total. The van der Waals surface area contributed by atoms with Crippen LogP contribution in [0.5, 0.6) is 0 Å². The summed E-state index contributed by atoms with van der Waals surface area (Å²) in [5.41, 5.74) is 1.90. The summed E-state index contributed by atoms with van der Waals surface area (Å²) in [5, 5.41) is 6.26. The van der Waals surface area contributed by atoms with Gasteiger partial charge in [0.15, 0.2) is 5.82 Å². The van der Waals surface area contributed by atoms with Crippen molar-refractivity contribution in [2.45, 2.75) is 52.4 Å². The fourth-order valence-corrected chi connectivity index (χ4v) is 2.68. The third-order valence-corrected chi connectivity index (χ3v) is 4.39. The van der Waals surface area contributed by atoms with Crippen molar-refractivity contribution in [3.63, 3.8) is 0 Å². The zero-order chi connectivity index (χ0) is 15.8. The van der Waals surface area contributed by atoms with E-state index >= 15 is 0 Å². The normalized spacial score (nSPS) is 12.5. The van der Waals surface area contributed by atoms with Gasteiger partial charge in [0, 0.05) is 29.3 Å². The molecule has 0 fully saturated rings. The van der Waals surface area contributed by atoms with Gasteiger partial charge in [-0.1, -0.05) is 41.5 Å². The molecule has 0 bridgehead atoms. The Morgan fingerprint density at radius 2 is 1.62 bits per heavy atom. The number of hydrogen-bond acceptors (Lipinski definition) is 5. The highest BCUT2D eigenvalue weighted by atomic mass is 32.1. The van der Waals surface area contributed by atoms with Gasteiger partial charge in [-0.25, -0.2) is 15.0 Å². The molecule has 2 heterocycles. The van der Waals surface area contributed by atoms with Crippen molar-refractivity contribution in [2.24, 2.45) is 0 Å². The molecule has 0 amide bonds. The summed E-state index contributed by atoms with van der Waals surface area (Å²) in [6, 6.07) is 2.00. The number of nitrogens with one attached hydrogen (secondary N) is 1. The van der Waals surface area contributed by atoms with Crippen LogP contribution in [-0.4, -0.2) is 22.0 Å². The maximum Gasteiger partial charge on any atom is 0.181 e. The minimum absolute atomic E-state index is 0.0217. The average Bonchev–Trinajstić information content (AvgIpc) is 2.86. The van der Waals surface area contributed by atoms with E-state index in [1.54, 1.807) is 11.3 Å². The first kappa shape index (κ1) is 15.9. The van der Waals surface area contributed by atoms with E-state index in [0.717, 1.165) is 22.2 Å². The lowest BCUT2D eigenvalue weighted by atomic mass is 9.92. The van der Waals surface area contributed by atoms with E-state index in [9.17, 15) is 0 Å². The fraction of sp³-hybridized carbons (Fsp3) is 0.562. The van der Waals surface area contributed by atoms with Gasteiger partial charge in [-0.2, -0.15) is 0 Å². The van der Waals surface area contributed by atoms with Crippen LogP contribution >= 0.6 is 11.3 Å². The van der Waals surface area contributed by atoms with Crippen LogP contribution in [0.15, 0.2) is 11.4 Å². The van der Waals surface area contributed by atoms with Gasteiger partial charge in [0.1, 0.15) is 11.5 Å². The predicted octanol–water partition coefficient (Wildman–Crippen LogP) is 4.24. The molecular formula is C16H24N4S. The van der Waals surface area contributed by atoms with Crippen molar-refractivity contribution in [2.75, 3.05) is 12.4 Å². The SMILES string of the molecule is CNc1cc(C(C)(C)C)nc(-c2csc(C(C)(C)C)n2)n1. The number of aromatic nitrogens is 3. The second kappa shape index (κ2) is 5.37. The Morgan fingerprint density at radius 3 is 2.10 bits per heavy atom. The van der Waals surface area contributed by atoms with Crippen molar-refractivity contribution in [3.05, 3.63) is 22.1 Å². The third kappa shape index (κ3) is 3.59. The standard InChI is InChI=1S/C16H24N4S/c1-15(2,3)11-8-12(17-7)20-13(19-11)10-9-21-14(18-10)16(4,5)6/h8-9H,1-7H3,(H,17,19,20). The van der Waals surface area contributed by atoms with E-state index in [1.165, 1.54) is 0 Å². The molecule has 0 radical (unpaired) electrons. The van der Waals surface area contributed by atoms with Gasteiger partial charge in [-0.15, -0.1) is 11.3 Å². The predicted molar refractivity (Wildman–Crippen MR) is 90.1 cm³/mol. The molecule has 0 spiro atoms. The topological polar surface area (TPSA) is 50.7 Å². The maximum absolute atomic E-state index is 4.72. The van der Waals surface area contributed by atoms with Crippen LogP contribution in [0, 0.1) is 0 Å². The summed E-state index contributed by atoms with van der Waals surface area (Å²) in [7, 11) is 1.88. The molecule has 0 saturated carbocycles. The van der Waals surface area contributed by atoms with Crippen molar-refractivity contribution < 1.29 is 0 Å². The Labute approximate surface area is 131 Å². The first-order chi connectivity index (χ1) is 9.61. The van der Waals surface area contributed by atoms with E-state index < -0.39 is 0 Å². The molecule has 0 aliphatic rings. The zero-order valence-corrected chi connectivity index (χ0v) is 14.7. The molecule has 114 valence electrons. The smallest absolute Gasteiger partial charge is 0.181 e. The summed E-state index contributed by atoms with van der Waals surface area (Å²) in [6.45, 7) is 13.0. The monoisotopic (exact) mass is 304 g/mol. The van der Waals surface area contributed by atoms with Crippen LogP contribution in [0.25, 0.3) is 11.5 Å². The van der Waals surface area contributed by atoms with Gasteiger partial charge in [-0.05, 0) is 0 Å². The lowest BCUT2D eigenvalue weighted by Gasteiger charge is -2.19. The second-order valence-electron chi connectivity index (χ2n) is 7.25. The highest BCUT2D eigenvalue weighted by Gasteiger charge is 2.22. The molecule has 0 aliphatic carbocycles. The van der Waals surface area contributed by atoms with E-state index in [4.69, 9.17) is 9.97 Å². The molecule has 2 aromatic heterocycles. The van der Waals surface area contributed by atoms with E-state index in [1.807, 2.05) is 18.5 Å². The lowest BCUT2D eigenvalue weighted by Crippen LogP contribution is -2.15. The zero-order valence-electron chi connectivity index (χ0n) is 13.9. The fourth-order valence-electron chi connectivity index (χ4n) is 1.79. The van der Waals surface area contributed by atoms with Crippen molar-refractivity contribution >= 4 is 17.2 Å². The molecule has 0 aromatic carbocycles. The van der Waals surface area contributed by atoms with Gasteiger partial charge < -0.3 is 5.32 Å². The molecule has 0 atom stereocenters. The quantitative estimate of drug-likeness (QED) is 0.901. The van der Waals surface area contributed by atoms with Crippen molar-refractivity contribution in [3.8, 4) is 11.5 Å². The van der Waals surface area contributed by atoms with Crippen LogP contribution < -0.4 is 5.32 Å². The number of nitrogens with zero attached hydrogens (tertiary/aromatic N) is 3. The lowest BCUT2D eigenvalue weighted by molar-refractivity contribution is 0.567. The molecule has 5 heteroatoms. The van der Waals surface area contributed by atoms with E-state index in [0.29, 0.717) is 5.82 Å². The Hall–Kier alpha value is -1.49. The van der Waals surface area contributed by atoms with Crippen LogP contribution in [0.1, 0.15) is 52.2 Å². The number of hydrogen-bond donors (Lipinski definition) is 1. The number of rotatable bonds is 2. The number of anilines is 1. The Bertz CT molecular complexity index is 632. The minimum Gasteiger partial charge on any atom is -0.373 e. The Kier molecular flexibility index (Phi) is 4.06.